The number of aliphatic hydroxyl groups excluding tert-OH is 7. The molecule has 1 aliphatic rings. The van der Waals surface area contributed by atoms with Crippen LogP contribution < -0.4 is 5.32 Å². The van der Waals surface area contributed by atoms with E-state index in [0.717, 1.165) is 64.2 Å². The number of hydrogen-bond acceptors (Lipinski definition) is 10. The van der Waals surface area contributed by atoms with E-state index in [-0.39, 0.29) is 12.8 Å². The van der Waals surface area contributed by atoms with E-state index in [1.807, 2.05) is 0 Å². The molecule has 9 atom stereocenters. The molecule has 1 saturated heterocycles. The van der Waals surface area contributed by atoms with Crippen LogP contribution >= 0.6 is 0 Å². The van der Waals surface area contributed by atoms with Gasteiger partial charge in [0.15, 0.2) is 6.29 Å². The van der Waals surface area contributed by atoms with Crippen molar-refractivity contribution in [3.05, 3.63) is 36.5 Å². The smallest absolute Gasteiger partial charge is 0.249 e. The summed E-state index contributed by atoms with van der Waals surface area (Å²) in [7, 11) is 0. The Labute approximate surface area is 416 Å². The second-order valence-corrected chi connectivity index (χ2v) is 20.0. The molecule has 0 radical (unpaired) electrons. The lowest BCUT2D eigenvalue weighted by molar-refractivity contribution is -0.303. The monoisotopic (exact) mass is 966 g/mol. The van der Waals surface area contributed by atoms with Gasteiger partial charge in [0.1, 0.15) is 36.6 Å². The van der Waals surface area contributed by atoms with Crippen LogP contribution in [0.4, 0.5) is 0 Å². The number of rotatable bonds is 48. The van der Waals surface area contributed by atoms with Crippen molar-refractivity contribution < 1.29 is 50.0 Å². The lowest BCUT2D eigenvalue weighted by atomic mass is 9.98. The van der Waals surface area contributed by atoms with Crippen molar-refractivity contribution in [2.75, 3.05) is 13.2 Å². The maximum atomic E-state index is 13.2. The van der Waals surface area contributed by atoms with E-state index in [0.29, 0.717) is 12.8 Å². The van der Waals surface area contributed by atoms with E-state index < -0.39 is 74.2 Å². The van der Waals surface area contributed by atoms with Gasteiger partial charge in [-0.25, -0.2) is 0 Å². The number of ether oxygens (including phenoxy) is 2. The highest BCUT2D eigenvalue weighted by molar-refractivity contribution is 5.80. The molecule has 1 aliphatic heterocycles. The lowest BCUT2D eigenvalue weighted by Gasteiger charge is -2.40. The Morgan fingerprint density at radius 3 is 1.35 bits per heavy atom. The zero-order chi connectivity index (χ0) is 49.7. The van der Waals surface area contributed by atoms with E-state index in [9.17, 15) is 40.5 Å². The zero-order valence-electron chi connectivity index (χ0n) is 43.6. The first-order chi connectivity index (χ1) is 33.2. The highest BCUT2D eigenvalue weighted by Crippen LogP contribution is 2.23. The second kappa shape index (κ2) is 46.4. The number of nitrogens with one attached hydrogen (secondary N) is 1. The van der Waals surface area contributed by atoms with Gasteiger partial charge in [0.25, 0.3) is 0 Å². The quantitative estimate of drug-likeness (QED) is 0.0215. The summed E-state index contributed by atoms with van der Waals surface area (Å²) >= 11 is 0. The van der Waals surface area contributed by atoms with Crippen molar-refractivity contribution in [3.8, 4) is 0 Å². The number of carbonyl (C=O) groups is 1. The number of hydrogen-bond donors (Lipinski definition) is 8. The average Bonchev–Trinajstić information content (AvgIpc) is 3.34. The zero-order valence-corrected chi connectivity index (χ0v) is 43.6. The summed E-state index contributed by atoms with van der Waals surface area (Å²) in [6.07, 6.45) is 44.8. The molecule has 68 heavy (non-hydrogen) atoms. The summed E-state index contributed by atoms with van der Waals surface area (Å²) in [5, 5.41) is 76.1. The van der Waals surface area contributed by atoms with Gasteiger partial charge in [-0.3, -0.25) is 4.79 Å². The molecule has 0 aromatic rings. The third-order valence-corrected chi connectivity index (χ3v) is 13.7. The van der Waals surface area contributed by atoms with Crippen molar-refractivity contribution in [1.82, 2.24) is 5.32 Å². The van der Waals surface area contributed by atoms with Crippen molar-refractivity contribution in [2.45, 2.75) is 306 Å². The number of unbranched alkanes of at least 4 members (excludes halogenated alkanes) is 30. The third kappa shape index (κ3) is 34.6. The predicted octanol–water partition coefficient (Wildman–Crippen LogP) is 11.5. The fraction of sp³-hybridized carbons (Fsp3) is 0.877. The summed E-state index contributed by atoms with van der Waals surface area (Å²) in [5.41, 5.74) is 0. The SMILES string of the molecule is CCCCCCCCCCC/C=C\C/C=C\CCCCCCCCC(O)C(=O)NC(COC1OC(CO)C(O)C(O)C1O)C(O)C(O)CCC/C=C/CCCCCCCCCCCCCCCC. The lowest BCUT2D eigenvalue weighted by Crippen LogP contribution is -2.60. The van der Waals surface area contributed by atoms with Crippen LogP contribution in [-0.4, -0.2) is 110 Å². The molecule has 1 fully saturated rings. The Kier molecular flexibility index (Phi) is 43.9. The fourth-order valence-corrected chi connectivity index (χ4v) is 9.00. The molecular formula is C57H107NO10. The Morgan fingerprint density at radius 2 is 0.912 bits per heavy atom. The van der Waals surface area contributed by atoms with Crippen molar-refractivity contribution in [2.24, 2.45) is 0 Å². The van der Waals surface area contributed by atoms with Gasteiger partial charge in [-0.1, -0.05) is 217 Å². The number of carbonyl (C=O) groups excluding carboxylic acids is 1. The van der Waals surface area contributed by atoms with Gasteiger partial charge in [-0.05, 0) is 70.6 Å². The number of aliphatic hydroxyl groups is 7. The first kappa shape index (κ1) is 64.3. The van der Waals surface area contributed by atoms with Crippen LogP contribution in [0, 0.1) is 0 Å². The maximum absolute atomic E-state index is 13.2. The van der Waals surface area contributed by atoms with Gasteiger partial charge in [0.2, 0.25) is 5.91 Å². The van der Waals surface area contributed by atoms with Crippen LogP contribution in [0.2, 0.25) is 0 Å². The summed E-state index contributed by atoms with van der Waals surface area (Å²) < 4.78 is 11.1. The molecule has 11 nitrogen and oxygen atoms in total. The van der Waals surface area contributed by atoms with Crippen molar-refractivity contribution in [3.63, 3.8) is 0 Å². The molecule has 0 spiro atoms. The third-order valence-electron chi connectivity index (χ3n) is 13.7. The van der Waals surface area contributed by atoms with Crippen molar-refractivity contribution >= 4 is 5.91 Å². The van der Waals surface area contributed by atoms with Gasteiger partial charge < -0.3 is 50.5 Å². The maximum Gasteiger partial charge on any atom is 0.249 e. The van der Waals surface area contributed by atoms with E-state index in [2.05, 4.69) is 55.6 Å². The topological polar surface area (TPSA) is 189 Å². The predicted molar refractivity (Wildman–Crippen MR) is 279 cm³/mol. The molecular weight excluding hydrogens is 859 g/mol. The highest BCUT2D eigenvalue weighted by Gasteiger charge is 2.44. The summed E-state index contributed by atoms with van der Waals surface area (Å²) in [6.45, 7) is 3.45. The van der Waals surface area contributed by atoms with Gasteiger partial charge in [0.05, 0.1) is 25.4 Å². The highest BCUT2D eigenvalue weighted by atomic mass is 16.7. The summed E-state index contributed by atoms with van der Waals surface area (Å²) in [5.74, 6) is -0.713. The minimum atomic E-state index is -1.67. The Morgan fingerprint density at radius 1 is 0.515 bits per heavy atom. The fourth-order valence-electron chi connectivity index (χ4n) is 9.00. The second-order valence-electron chi connectivity index (χ2n) is 20.0. The minimum Gasteiger partial charge on any atom is -0.394 e. The van der Waals surface area contributed by atoms with E-state index >= 15 is 0 Å². The van der Waals surface area contributed by atoms with Gasteiger partial charge in [-0.2, -0.15) is 0 Å². The Hall–Kier alpha value is -1.67. The number of allylic oxidation sites excluding steroid dienone is 6. The molecule has 8 N–H and O–H groups in total. The molecule has 1 heterocycles. The van der Waals surface area contributed by atoms with Crippen LogP contribution in [0.5, 0.6) is 0 Å². The van der Waals surface area contributed by atoms with Crippen LogP contribution in [0.3, 0.4) is 0 Å². The molecule has 400 valence electrons. The molecule has 0 bridgehead atoms. The first-order valence-corrected chi connectivity index (χ1v) is 28.4. The van der Waals surface area contributed by atoms with Gasteiger partial charge >= 0.3 is 0 Å². The molecule has 1 rings (SSSR count). The Balaban J connectivity index is 2.36. The van der Waals surface area contributed by atoms with Gasteiger partial charge in [0, 0.05) is 0 Å². The average molecular weight is 966 g/mol. The molecule has 0 saturated carbocycles. The summed E-state index contributed by atoms with van der Waals surface area (Å²) in [6, 6.07) is -1.19. The van der Waals surface area contributed by atoms with E-state index in [4.69, 9.17) is 9.47 Å². The van der Waals surface area contributed by atoms with Crippen LogP contribution in [-0.2, 0) is 14.3 Å². The molecule has 9 unspecified atom stereocenters. The molecule has 0 aliphatic carbocycles. The van der Waals surface area contributed by atoms with Crippen LogP contribution in [0.1, 0.15) is 251 Å². The van der Waals surface area contributed by atoms with E-state index in [1.54, 1.807) is 0 Å². The molecule has 0 aromatic heterocycles. The molecule has 1 amide bonds. The number of amides is 1. The van der Waals surface area contributed by atoms with Gasteiger partial charge in [-0.15, -0.1) is 0 Å². The molecule has 11 heteroatoms. The summed E-state index contributed by atoms with van der Waals surface area (Å²) in [4.78, 5) is 13.2. The molecule has 0 aromatic carbocycles. The minimum absolute atomic E-state index is 0.242. The van der Waals surface area contributed by atoms with E-state index in [1.165, 1.54) is 148 Å². The standard InChI is InChI=1S/C57H107NO10/c1-3-5-7-9-11-13-15-17-19-21-23-24-25-27-29-31-33-35-37-39-41-43-45-50(61)56(66)58-48(47-67-57-55(65)54(64)53(63)51(46-59)68-57)52(62)49(60)44-42-40-38-36-34-32-30-28-26-22-20-18-16-14-12-10-8-6-4-2/h23-24,27,29,36,38,48-55,57,59-65H,3-22,25-26,28,30-35,37,39-47H2,1-2H3,(H,58,66)/b24-23-,29-27-,38-36+. The largest absolute Gasteiger partial charge is 0.394 e. The first-order valence-electron chi connectivity index (χ1n) is 28.4. The van der Waals surface area contributed by atoms with Crippen LogP contribution in [0.25, 0.3) is 0 Å². The van der Waals surface area contributed by atoms with Crippen LogP contribution in [0.15, 0.2) is 36.5 Å². The Bertz CT molecular complexity index is 1200. The van der Waals surface area contributed by atoms with Crippen molar-refractivity contribution in [1.29, 1.82) is 0 Å². The normalized spacial score (nSPS) is 20.8.